The van der Waals surface area contributed by atoms with E-state index >= 15 is 0 Å². The Hall–Kier alpha value is -3.09. The summed E-state index contributed by atoms with van der Waals surface area (Å²) in [6.07, 6.45) is 3.47. The van der Waals surface area contributed by atoms with Crippen LogP contribution in [-0.2, 0) is 19.6 Å². The second-order valence-corrected chi connectivity index (χ2v) is 9.75. The van der Waals surface area contributed by atoms with Crippen molar-refractivity contribution in [1.82, 2.24) is 14.1 Å². The summed E-state index contributed by atoms with van der Waals surface area (Å²) in [5, 5.41) is 2.06. The van der Waals surface area contributed by atoms with Crippen molar-refractivity contribution in [3.8, 4) is 11.1 Å². The van der Waals surface area contributed by atoms with E-state index in [2.05, 4.69) is 4.98 Å². The van der Waals surface area contributed by atoms with Gasteiger partial charge in [0.1, 0.15) is 10.6 Å². The molecule has 8 heteroatoms. The average molecular weight is 524 g/mol. The summed E-state index contributed by atoms with van der Waals surface area (Å²) in [6.45, 7) is 0. The highest BCUT2D eigenvalue weighted by Gasteiger charge is 2.35. The zero-order valence-corrected chi connectivity index (χ0v) is 21.2. The van der Waals surface area contributed by atoms with Crippen molar-refractivity contribution >= 4 is 45.7 Å². The molecule has 2 heterocycles. The molecule has 5 rings (SSSR count). The van der Waals surface area contributed by atoms with E-state index in [4.69, 9.17) is 40.5 Å². The molecule has 0 aliphatic heterocycles. The molecule has 1 atom stereocenters. The highest BCUT2D eigenvalue weighted by molar-refractivity contribution is 6.35. The van der Waals surface area contributed by atoms with E-state index in [1.807, 2.05) is 66.2 Å². The Morgan fingerprint density at radius 2 is 1.60 bits per heavy atom. The van der Waals surface area contributed by atoms with Crippen LogP contribution in [0.15, 0.2) is 84.0 Å². The van der Waals surface area contributed by atoms with Gasteiger partial charge < -0.3 is 14.9 Å². The van der Waals surface area contributed by atoms with Crippen LogP contribution in [0.3, 0.4) is 0 Å². The summed E-state index contributed by atoms with van der Waals surface area (Å²) < 4.78 is 3.43. The summed E-state index contributed by atoms with van der Waals surface area (Å²) >= 11 is 19.1. The van der Waals surface area contributed by atoms with Crippen molar-refractivity contribution < 1.29 is 0 Å². The fourth-order valence-corrected chi connectivity index (χ4v) is 5.25. The normalized spacial score (nSPS) is 13.2. The van der Waals surface area contributed by atoms with Crippen LogP contribution < -0.4 is 11.3 Å². The van der Waals surface area contributed by atoms with E-state index in [0.717, 1.165) is 33.3 Å². The van der Waals surface area contributed by atoms with Crippen LogP contribution in [0.1, 0.15) is 16.8 Å². The van der Waals surface area contributed by atoms with Crippen molar-refractivity contribution in [2.45, 2.75) is 5.54 Å². The molecule has 0 fully saturated rings. The van der Waals surface area contributed by atoms with Gasteiger partial charge in [-0.2, -0.15) is 0 Å². The molecule has 1 unspecified atom stereocenters. The molecule has 2 aromatic heterocycles. The third-order valence-corrected chi connectivity index (χ3v) is 7.27. The van der Waals surface area contributed by atoms with Crippen molar-refractivity contribution in [2.24, 2.45) is 19.8 Å². The number of nitrogens with zero attached hydrogens (tertiary/aromatic N) is 3. The number of aromatic nitrogens is 3. The molecule has 0 saturated heterocycles. The molecule has 0 spiro atoms. The molecule has 0 aliphatic rings. The monoisotopic (exact) mass is 522 g/mol. The van der Waals surface area contributed by atoms with Crippen LogP contribution in [0.5, 0.6) is 0 Å². The Balaban J connectivity index is 1.87. The van der Waals surface area contributed by atoms with Gasteiger partial charge >= 0.3 is 0 Å². The first kappa shape index (κ1) is 23.6. The SMILES string of the molecule is Cn1cncc1C(N)(c1ccc(Cl)cc1)c1ccc2c(c1)c(-c1cccc(Cl)c1)c(Cl)c(=O)n2C. The van der Waals surface area contributed by atoms with Gasteiger partial charge in [0.05, 0.1) is 23.7 Å². The van der Waals surface area contributed by atoms with Crippen LogP contribution in [-0.4, -0.2) is 14.1 Å². The van der Waals surface area contributed by atoms with Crippen LogP contribution >= 0.6 is 34.8 Å². The van der Waals surface area contributed by atoms with Crippen molar-refractivity contribution in [2.75, 3.05) is 0 Å². The molecular weight excluding hydrogens is 503 g/mol. The lowest BCUT2D eigenvalue weighted by atomic mass is 9.80. The second-order valence-electron chi connectivity index (χ2n) is 8.50. The molecule has 0 bridgehead atoms. The number of rotatable bonds is 4. The number of imidazole rings is 1. The van der Waals surface area contributed by atoms with Gasteiger partial charge in [-0.1, -0.05) is 65.1 Å². The van der Waals surface area contributed by atoms with Crippen LogP contribution in [0, 0.1) is 0 Å². The van der Waals surface area contributed by atoms with Crippen LogP contribution in [0.2, 0.25) is 15.1 Å². The van der Waals surface area contributed by atoms with Crippen molar-refractivity contribution in [3.05, 3.63) is 121 Å². The molecule has 35 heavy (non-hydrogen) atoms. The average Bonchev–Trinajstić information content (AvgIpc) is 3.29. The van der Waals surface area contributed by atoms with E-state index in [1.165, 1.54) is 0 Å². The zero-order valence-electron chi connectivity index (χ0n) is 19.0. The first-order chi connectivity index (χ1) is 16.7. The predicted molar refractivity (Wildman–Crippen MR) is 143 cm³/mol. The maximum atomic E-state index is 13.0. The van der Waals surface area contributed by atoms with Crippen LogP contribution in [0.25, 0.3) is 22.0 Å². The number of nitrogens with two attached hydrogens (primary N) is 1. The molecule has 5 aromatic rings. The quantitative estimate of drug-likeness (QED) is 0.307. The Kier molecular flexibility index (Phi) is 5.98. The number of pyridine rings is 1. The lowest BCUT2D eigenvalue weighted by molar-refractivity contribution is 0.596. The lowest BCUT2D eigenvalue weighted by Gasteiger charge is -2.32. The van der Waals surface area contributed by atoms with Gasteiger partial charge in [0.25, 0.3) is 5.56 Å². The molecule has 3 aromatic carbocycles. The summed E-state index contributed by atoms with van der Waals surface area (Å²) in [4.78, 5) is 17.3. The highest BCUT2D eigenvalue weighted by atomic mass is 35.5. The largest absolute Gasteiger partial charge is 0.336 e. The number of aryl methyl sites for hydroxylation is 2. The number of hydrogen-bond acceptors (Lipinski definition) is 3. The van der Waals surface area contributed by atoms with Gasteiger partial charge in [-0.3, -0.25) is 4.79 Å². The molecule has 176 valence electrons. The maximum absolute atomic E-state index is 13.0. The summed E-state index contributed by atoms with van der Waals surface area (Å²) in [6, 6.07) is 20.5. The van der Waals surface area contributed by atoms with Gasteiger partial charge in [-0.25, -0.2) is 4.98 Å². The number of benzene rings is 3. The summed E-state index contributed by atoms with van der Waals surface area (Å²) in [5.41, 5.74) is 10.4. The molecule has 2 N–H and O–H groups in total. The first-order valence-electron chi connectivity index (χ1n) is 10.8. The first-order valence-corrected chi connectivity index (χ1v) is 12.0. The summed E-state index contributed by atoms with van der Waals surface area (Å²) in [7, 11) is 3.60. The van der Waals surface area contributed by atoms with E-state index in [9.17, 15) is 4.79 Å². The third-order valence-electron chi connectivity index (χ3n) is 6.43. The topological polar surface area (TPSA) is 65.8 Å². The third kappa shape index (κ3) is 3.85. The minimum atomic E-state index is -1.06. The number of halogens is 3. The fourth-order valence-electron chi connectivity index (χ4n) is 4.59. The van der Waals surface area contributed by atoms with Gasteiger partial charge in [-0.05, 0) is 53.1 Å². The number of fused-ring (bicyclic) bond motifs is 1. The molecule has 0 saturated carbocycles. The van der Waals surface area contributed by atoms with Gasteiger partial charge in [0, 0.05) is 35.1 Å². The van der Waals surface area contributed by atoms with E-state index in [-0.39, 0.29) is 10.6 Å². The zero-order chi connectivity index (χ0) is 24.9. The predicted octanol–water partition coefficient (Wildman–Crippen LogP) is 6.15. The van der Waals surface area contributed by atoms with Gasteiger partial charge in [-0.15, -0.1) is 0 Å². The van der Waals surface area contributed by atoms with Gasteiger partial charge in [0.2, 0.25) is 0 Å². The molecule has 0 amide bonds. The van der Waals surface area contributed by atoms with Crippen LogP contribution in [0.4, 0.5) is 0 Å². The molecule has 5 nitrogen and oxygen atoms in total. The van der Waals surface area contributed by atoms with Crippen molar-refractivity contribution in [1.29, 1.82) is 0 Å². The fraction of sp³-hybridized carbons (Fsp3) is 0.111. The molecule has 0 aliphatic carbocycles. The van der Waals surface area contributed by atoms with E-state index in [1.54, 1.807) is 36.3 Å². The lowest BCUT2D eigenvalue weighted by Crippen LogP contribution is -2.41. The minimum Gasteiger partial charge on any atom is -0.336 e. The Morgan fingerprint density at radius 1 is 0.886 bits per heavy atom. The van der Waals surface area contributed by atoms with Crippen molar-refractivity contribution in [3.63, 3.8) is 0 Å². The molecular formula is C27H21Cl3N4O. The Morgan fingerprint density at radius 3 is 2.26 bits per heavy atom. The second kappa shape index (κ2) is 8.85. The number of hydrogen-bond donors (Lipinski definition) is 1. The Bertz CT molecular complexity index is 1640. The Labute approximate surface area is 217 Å². The maximum Gasteiger partial charge on any atom is 0.270 e. The van der Waals surface area contributed by atoms with Gasteiger partial charge in [0.15, 0.2) is 0 Å². The standard InChI is InChI=1S/C27H21Cl3N4O/c1-33-15-32-14-23(33)27(31,17-6-9-19(28)10-7-17)18-8-11-22-21(13-18)24(25(30)26(35)34(22)2)16-4-3-5-20(29)12-16/h3-15H,31H2,1-2H3. The van der Waals surface area contributed by atoms with E-state index in [0.29, 0.717) is 15.6 Å². The summed E-state index contributed by atoms with van der Waals surface area (Å²) in [5.74, 6) is 0. The smallest absolute Gasteiger partial charge is 0.270 e. The van der Waals surface area contributed by atoms with E-state index < -0.39 is 5.54 Å². The molecule has 0 radical (unpaired) electrons. The minimum absolute atomic E-state index is 0.120. The highest BCUT2D eigenvalue weighted by Crippen LogP contribution is 2.39.